The molecule has 0 saturated carbocycles. The first kappa shape index (κ1) is 11.5. The molecule has 15 heavy (non-hydrogen) atoms. The lowest BCUT2D eigenvalue weighted by molar-refractivity contribution is -0.133. The summed E-state index contributed by atoms with van der Waals surface area (Å²) in [5.41, 5.74) is -0.0111. The summed E-state index contributed by atoms with van der Waals surface area (Å²) in [6, 6.07) is 0. The number of hydrogen-bond donors (Lipinski definition) is 2. The van der Waals surface area contributed by atoms with Gasteiger partial charge in [-0.2, -0.15) is 0 Å². The van der Waals surface area contributed by atoms with E-state index in [9.17, 15) is 9.59 Å². The van der Waals surface area contributed by atoms with Gasteiger partial charge in [0.05, 0.1) is 12.7 Å². The van der Waals surface area contributed by atoms with Crippen molar-refractivity contribution in [3.63, 3.8) is 0 Å². The van der Waals surface area contributed by atoms with Gasteiger partial charge in [-0.25, -0.2) is 9.59 Å². The third kappa shape index (κ3) is 3.95. The molecule has 0 aliphatic carbocycles. The van der Waals surface area contributed by atoms with E-state index in [-0.39, 0.29) is 11.7 Å². The van der Waals surface area contributed by atoms with Gasteiger partial charge in [-0.05, 0) is 6.42 Å². The monoisotopic (exact) mass is 212 g/mol. The normalized spacial score (nSPS) is 21.2. The molecule has 0 aromatic carbocycles. The van der Waals surface area contributed by atoms with Crippen LogP contribution in [0, 0.1) is 5.92 Å². The summed E-state index contributed by atoms with van der Waals surface area (Å²) in [5, 5.41) is 17.2. The van der Waals surface area contributed by atoms with Gasteiger partial charge in [0, 0.05) is 17.6 Å². The molecule has 0 aromatic heterocycles. The first-order valence-electron chi connectivity index (χ1n) is 4.45. The summed E-state index contributed by atoms with van der Waals surface area (Å²) >= 11 is 0. The Hall–Kier alpha value is -1.62. The minimum Gasteiger partial charge on any atom is -0.478 e. The summed E-state index contributed by atoms with van der Waals surface area (Å²) in [5.74, 6) is -2.70. The van der Waals surface area contributed by atoms with Crippen molar-refractivity contribution in [3.8, 4) is 0 Å². The van der Waals surface area contributed by atoms with E-state index in [1.165, 1.54) is 6.08 Å². The summed E-state index contributed by atoms with van der Waals surface area (Å²) in [7, 11) is 0. The van der Waals surface area contributed by atoms with Crippen molar-refractivity contribution >= 4 is 11.9 Å². The van der Waals surface area contributed by atoms with Gasteiger partial charge in [0.1, 0.15) is 0 Å². The molecule has 1 aliphatic heterocycles. The lowest BCUT2D eigenvalue weighted by Gasteiger charge is -2.10. The highest BCUT2D eigenvalue weighted by Gasteiger charge is 2.28. The summed E-state index contributed by atoms with van der Waals surface area (Å²) in [4.78, 5) is 21.0. The van der Waals surface area contributed by atoms with Crippen LogP contribution in [0.2, 0.25) is 0 Å². The largest absolute Gasteiger partial charge is 0.478 e. The molecule has 2 atom stereocenters. The van der Waals surface area contributed by atoms with Crippen LogP contribution in [-0.2, 0) is 14.3 Å². The highest BCUT2D eigenvalue weighted by Crippen LogP contribution is 2.25. The van der Waals surface area contributed by atoms with Crippen LogP contribution in [-0.4, -0.2) is 34.9 Å². The van der Waals surface area contributed by atoms with Gasteiger partial charge < -0.3 is 14.9 Å². The Balaban J connectivity index is 2.62. The van der Waals surface area contributed by atoms with Crippen molar-refractivity contribution < 1.29 is 24.5 Å². The van der Waals surface area contributed by atoms with E-state index in [2.05, 4.69) is 6.58 Å². The quantitative estimate of drug-likeness (QED) is 0.499. The first-order valence-corrected chi connectivity index (χ1v) is 4.45. The molecule has 2 unspecified atom stereocenters. The fourth-order valence-electron chi connectivity index (χ4n) is 1.18. The Kier molecular flexibility index (Phi) is 3.62. The van der Waals surface area contributed by atoms with Gasteiger partial charge in [0.25, 0.3) is 0 Å². The van der Waals surface area contributed by atoms with Gasteiger partial charge in [0.2, 0.25) is 0 Å². The number of epoxide rings is 1. The topological polar surface area (TPSA) is 87.1 Å². The molecule has 0 aromatic rings. The van der Waals surface area contributed by atoms with E-state index in [0.29, 0.717) is 13.0 Å². The zero-order chi connectivity index (χ0) is 11.4. The molecule has 1 aliphatic rings. The lowest BCUT2D eigenvalue weighted by Crippen LogP contribution is -2.12. The molecule has 5 heteroatoms. The fraction of sp³-hybridized carbons (Fsp3) is 0.400. The Morgan fingerprint density at radius 2 is 2.13 bits per heavy atom. The molecule has 1 fully saturated rings. The number of carboxylic acid groups (broad SMARTS) is 2. The second kappa shape index (κ2) is 4.75. The van der Waals surface area contributed by atoms with Crippen LogP contribution < -0.4 is 0 Å². The van der Waals surface area contributed by atoms with Gasteiger partial charge in [-0.3, -0.25) is 0 Å². The van der Waals surface area contributed by atoms with Crippen molar-refractivity contribution in [1.29, 1.82) is 0 Å². The number of rotatable bonds is 6. The standard InChI is InChI=1S/C10H12O5/c1-6(10(13)14)7(2-3-9(11)12)4-8-5-15-8/h2-3,7-8H,1,4-5H2,(H,11,12)(H,13,14). The smallest absolute Gasteiger partial charge is 0.331 e. The van der Waals surface area contributed by atoms with Crippen LogP contribution >= 0.6 is 0 Å². The van der Waals surface area contributed by atoms with Crippen molar-refractivity contribution in [1.82, 2.24) is 0 Å². The van der Waals surface area contributed by atoms with E-state index in [1.54, 1.807) is 0 Å². The van der Waals surface area contributed by atoms with E-state index in [1.807, 2.05) is 0 Å². The Bertz CT molecular complexity index is 314. The molecule has 0 bridgehead atoms. The summed E-state index contributed by atoms with van der Waals surface area (Å²) < 4.78 is 4.96. The highest BCUT2D eigenvalue weighted by molar-refractivity contribution is 5.87. The molecule has 5 nitrogen and oxygen atoms in total. The maximum absolute atomic E-state index is 10.7. The number of ether oxygens (including phenoxy) is 1. The van der Waals surface area contributed by atoms with Gasteiger partial charge in [-0.15, -0.1) is 0 Å². The Morgan fingerprint density at radius 3 is 2.53 bits per heavy atom. The maximum Gasteiger partial charge on any atom is 0.331 e. The molecule has 0 spiro atoms. The van der Waals surface area contributed by atoms with Crippen LogP contribution in [0.1, 0.15) is 6.42 Å². The molecular formula is C10H12O5. The molecule has 82 valence electrons. The number of carbonyl (C=O) groups is 2. The van der Waals surface area contributed by atoms with Gasteiger partial charge >= 0.3 is 11.9 Å². The third-order valence-corrected chi connectivity index (χ3v) is 2.11. The zero-order valence-electron chi connectivity index (χ0n) is 8.05. The number of carboxylic acids is 2. The van der Waals surface area contributed by atoms with Crippen molar-refractivity contribution in [3.05, 3.63) is 24.3 Å². The second-order valence-corrected chi connectivity index (χ2v) is 3.33. The fourth-order valence-corrected chi connectivity index (χ4v) is 1.18. The highest BCUT2D eigenvalue weighted by atomic mass is 16.6. The minimum atomic E-state index is -1.12. The lowest BCUT2D eigenvalue weighted by atomic mass is 9.95. The summed E-state index contributed by atoms with van der Waals surface area (Å²) in [6.45, 7) is 4.02. The molecule has 1 rings (SSSR count). The number of allylic oxidation sites excluding steroid dienone is 1. The average Bonchev–Trinajstić information content (AvgIpc) is 2.94. The average molecular weight is 212 g/mol. The molecular weight excluding hydrogens is 200 g/mol. The predicted octanol–water partition coefficient (Wildman–Crippen LogP) is 0.673. The first-order chi connectivity index (χ1) is 7.00. The number of aliphatic carboxylic acids is 2. The SMILES string of the molecule is C=C(C(=O)O)C(C=CC(=O)O)CC1CO1. The Morgan fingerprint density at radius 1 is 1.53 bits per heavy atom. The number of hydrogen-bond acceptors (Lipinski definition) is 3. The second-order valence-electron chi connectivity index (χ2n) is 3.33. The Labute approximate surface area is 86.7 Å². The van der Waals surface area contributed by atoms with Crippen molar-refractivity contribution in [2.24, 2.45) is 5.92 Å². The van der Waals surface area contributed by atoms with Gasteiger partial charge in [-0.1, -0.05) is 12.7 Å². The van der Waals surface area contributed by atoms with Crippen LogP contribution in [0.5, 0.6) is 0 Å². The van der Waals surface area contributed by atoms with Crippen molar-refractivity contribution in [2.45, 2.75) is 12.5 Å². The maximum atomic E-state index is 10.7. The van der Waals surface area contributed by atoms with E-state index >= 15 is 0 Å². The molecule has 2 N–H and O–H groups in total. The zero-order valence-corrected chi connectivity index (χ0v) is 8.05. The van der Waals surface area contributed by atoms with E-state index < -0.39 is 17.9 Å². The predicted molar refractivity (Wildman–Crippen MR) is 51.4 cm³/mol. The van der Waals surface area contributed by atoms with E-state index in [0.717, 1.165) is 6.08 Å². The van der Waals surface area contributed by atoms with Crippen LogP contribution in [0.4, 0.5) is 0 Å². The van der Waals surface area contributed by atoms with E-state index in [4.69, 9.17) is 14.9 Å². The van der Waals surface area contributed by atoms with Crippen LogP contribution in [0.25, 0.3) is 0 Å². The van der Waals surface area contributed by atoms with Crippen molar-refractivity contribution in [2.75, 3.05) is 6.61 Å². The summed E-state index contributed by atoms with van der Waals surface area (Å²) in [6.07, 6.45) is 2.76. The molecule has 0 radical (unpaired) electrons. The minimum absolute atomic E-state index is 0.0111. The van der Waals surface area contributed by atoms with Crippen LogP contribution in [0.15, 0.2) is 24.3 Å². The molecule has 0 amide bonds. The third-order valence-electron chi connectivity index (χ3n) is 2.11. The molecule has 1 heterocycles. The molecule has 1 saturated heterocycles. The van der Waals surface area contributed by atoms with Crippen LogP contribution in [0.3, 0.4) is 0 Å². The van der Waals surface area contributed by atoms with Gasteiger partial charge in [0.15, 0.2) is 0 Å².